The molecule has 0 spiro atoms. The van der Waals surface area contributed by atoms with Crippen molar-refractivity contribution >= 4 is 39.0 Å². The lowest BCUT2D eigenvalue weighted by Crippen LogP contribution is -2.00. The first-order chi connectivity index (χ1) is 11.2. The molecule has 23 heavy (non-hydrogen) atoms. The van der Waals surface area contributed by atoms with Crippen molar-refractivity contribution < 1.29 is 14.3 Å². The van der Waals surface area contributed by atoms with E-state index in [1.165, 1.54) is 24.8 Å². The lowest BCUT2D eigenvalue weighted by molar-refractivity contribution is 0.0605. The molecule has 6 nitrogen and oxygen atoms in total. The smallest absolute Gasteiger partial charge is 0.348 e. The number of benzene rings is 1. The number of aromatic nitrogens is 2. The average Bonchev–Trinajstić information content (AvgIpc) is 2.92. The number of aryl methyl sites for hydroxylation is 1. The van der Waals surface area contributed by atoms with Gasteiger partial charge >= 0.3 is 5.97 Å². The summed E-state index contributed by atoms with van der Waals surface area (Å²) in [6, 6.07) is 7.56. The van der Waals surface area contributed by atoms with Gasteiger partial charge in [-0.3, -0.25) is 0 Å². The third-order valence-corrected chi connectivity index (χ3v) is 4.64. The maximum atomic E-state index is 11.9. The van der Waals surface area contributed by atoms with Gasteiger partial charge in [-0.15, -0.1) is 11.3 Å². The molecule has 2 aromatic heterocycles. The number of hydrogen-bond donors (Lipinski definition) is 1. The van der Waals surface area contributed by atoms with E-state index in [-0.39, 0.29) is 5.97 Å². The highest BCUT2D eigenvalue weighted by molar-refractivity contribution is 7.20. The molecular weight excluding hydrogens is 314 g/mol. The molecule has 0 aliphatic rings. The van der Waals surface area contributed by atoms with Gasteiger partial charge in [0.15, 0.2) is 0 Å². The van der Waals surface area contributed by atoms with Gasteiger partial charge in [-0.25, -0.2) is 14.8 Å². The van der Waals surface area contributed by atoms with E-state index in [0.29, 0.717) is 16.4 Å². The number of esters is 1. The van der Waals surface area contributed by atoms with Crippen molar-refractivity contribution in [2.45, 2.75) is 6.92 Å². The van der Waals surface area contributed by atoms with Gasteiger partial charge in [0.2, 0.25) is 0 Å². The predicted molar refractivity (Wildman–Crippen MR) is 89.8 cm³/mol. The first-order valence-electron chi connectivity index (χ1n) is 6.88. The van der Waals surface area contributed by atoms with Gasteiger partial charge in [-0.1, -0.05) is 12.1 Å². The standard InChI is InChI=1S/C16H15N3O3S/c1-9-12-14(19-10-6-4-5-7-11(10)21-2)17-8-18-15(12)23-13(9)16(20)22-3/h4-8H,1-3H3,(H,17,18,19). The number of carbonyl (C=O) groups excluding carboxylic acids is 1. The number of fused-ring (bicyclic) bond motifs is 1. The molecule has 0 fully saturated rings. The Kier molecular flexibility index (Phi) is 4.12. The van der Waals surface area contributed by atoms with Gasteiger partial charge in [-0.05, 0) is 24.6 Å². The normalized spacial score (nSPS) is 10.6. The van der Waals surface area contributed by atoms with Crippen LogP contribution in [0.25, 0.3) is 10.2 Å². The van der Waals surface area contributed by atoms with Gasteiger partial charge < -0.3 is 14.8 Å². The second-order valence-corrected chi connectivity index (χ2v) is 5.77. The van der Waals surface area contributed by atoms with Crippen LogP contribution in [0.5, 0.6) is 5.75 Å². The van der Waals surface area contributed by atoms with Crippen molar-refractivity contribution in [2.24, 2.45) is 0 Å². The molecular formula is C16H15N3O3S. The fraction of sp³-hybridized carbons (Fsp3) is 0.188. The van der Waals surface area contributed by atoms with Crippen LogP contribution in [0.1, 0.15) is 15.2 Å². The molecule has 0 radical (unpaired) electrons. The number of thiophene rings is 1. The number of nitrogens with zero attached hydrogens (tertiary/aromatic N) is 2. The first kappa shape index (κ1) is 15.2. The van der Waals surface area contributed by atoms with Crippen LogP contribution in [-0.2, 0) is 4.74 Å². The highest BCUT2D eigenvalue weighted by Gasteiger charge is 2.20. The van der Waals surface area contributed by atoms with Crippen LogP contribution < -0.4 is 10.1 Å². The molecule has 0 saturated heterocycles. The number of methoxy groups -OCH3 is 2. The summed E-state index contributed by atoms with van der Waals surface area (Å²) in [6.07, 6.45) is 1.47. The van der Waals surface area contributed by atoms with Crippen molar-refractivity contribution in [1.29, 1.82) is 0 Å². The second-order valence-electron chi connectivity index (χ2n) is 4.78. The van der Waals surface area contributed by atoms with Crippen LogP contribution in [0.4, 0.5) is 11.5 Å². The molecule has 0 amide bonds. The van der Waals surface area contributed by atoms with E-state index in [0.717, 1.165) is 21.5 Å². The number of rotatable bonds is 4. The molecule has 0 bridgehead atoms. The van der Waals surface area contributed by atoms with Crippen molar-refractivity contribution in [1.82, 2.24) is 9.97 Å². The van der Waals surface area contributed by atoms with E-state index < -0.39 is 0 Å². The topological polar surface area (TPSA) is 73.3 Å². The zero-order chi connectivity index (χ0) is 16.4. The van der Waals surface area contributed by atoms with Crippen molar-refractivity contribution in [3.05, 3.63) is 41.0 Å². The molecule has 0 aliphatic carbocycles. The maximum absolute atomic E-state index is 11.9. The summed E-state index contributed by atoms with van der Waals surface area (Å²) in [5.74, 6) is 0.970. The Hall–Kier alpha value is -2.67. The summed E-state index contributed by atoms with van der Waals surface area (Å²) >= 11 is 1.29. The Balaban J connectivity index is 2.11. The Morgan fingerprint density at radius 2 is 2.00 bits per heavy atom. The fourth-order valence-corrected chi connectivity index (χ4v) is 3.40. The zero-order valence-electron chi connectivity index (χ0n) is 12.9. The highest BCUT2D eigenvalue weighted by Crippen LogP contribution is 2.36. The van der Waals surface area contributed by atoms with E-state index in [9.17, 15) is 4.79 Å². The van der Waals surface area contributed by atoms with Gasteiger partial charge in [0.1, 0.15) is 27.6 Å². The SMILES string of the molecule is COC(=O)c1sc2ncnc(Nc3ccccc3OC)c2c1C. The highest BCUT2D eigenvalue weighted by atomic mass is 32.1. The molecule has 0 aliphatic heterocycles. The van der Waals surface area contributed by atoms with Crippen LogP contribution in [0.3, 0.4) is 0 Å². The number of ether oxygens (including phenoxy) is 2. The van der Waals surface area contributed by atoms with Crippen LogP contribution in [-0.4, -0.2) is 30.2 Å². The molecule has 0 saturated carbocycles. The van der Waals surface area contributed by atoms with Crippen LogP contribution in [0, 0.1) is 6.92 Å². The number of hydrogen-bond acceptors (Lipinski definition) is 7. The molecule has 0 atom stereocenters. The van der Waals surface area contributed by atoms with Crippen LogP contribution >= 0.6 is 11.3 Å². The number of nitrogens with one attached hydrogen (secondary N) is 1. The monoisotopic (exact) mass is 329 g/mol. The molecule has 2 heterocycles. The zero-order valence-corrected chi connectivity index (χ0v) is 13.7. The van der Waals surface area contributed by atoms with Crippen molar-refractivity contribution in [3.63, 3.8) is 0 Å². The van der Waals surface area contributed by atoms with Crippen LogP contribution in [0.2, 0.25) is 0 Å². The van der Waals surface area contributed by atoms with Gasteiger partial charge in [0.25, 0.3) is 0 Å². The number of anilines is 2. The maximum Gasteiger partial charge on any atom is 0.348 e. The summed E-state index contributed by atoms with van der Waals surface area (Å²) < 4.78 is 10.2. The fourth-order valence-electron chi connectivity index (χ4n) is 2.33. The van der Waals surface area contributed by atoms with Gasteiger partial charge in [0.05, 0.1) is 25.3 Å². The third kappa shape index (κ3) is 2.70. The van der Waals surface area contributed by atoms with Crippen molar-refractivity contribution in [3.8, 4) is 5.75 Å². The van der Waals surface area contributed by atoms with Crippen molar-refractivity contribution in [2.75, 3.05) is 19.5 Å². The minimum Gasteiger partial charge on any atom is -0.495 e. The lowest BCUT2D eigenvalue weighted by atomic mass is 10.2. The van der Waals surface area contributed by atoms with E-state index in [2.05, 4.69) is 15.3 Å². The van der Waals surface area contributed by atoms with E-state index in [4.69, 9.17) is 9.47 Å². The van der Waals surface area contributed by atoms with E-state index >= 15 is 0 Å². The minimum atomic E-state index is -0.367. The Morgan fingerprint density at radius 3 is 2.74 bits per heavy atom. The molecule has 1 N–H and O–H groups in total. The predicted octanol–water partition coefficient (Wildman–Crippen LogP) is 3.54. The molecule has 7 heteroatoms. The molecule has 1 aromatic carbocycles. The Bertz CT molecular complexity index is 876. The summed E-state index contributed by atoms with van der Waals surface area (Å²) in [7, 11) is 2.98. The summed E-state index contributed by atoms with van der Waals surface area (Å²) in [4.78, 5) is 21.7. The Morgan fingerprint density at radius 1 is 1.22 bits per heavy atom. The quantitative estimate of drug-likeness (QED) is 0.738. The largest absolute Gasteiger partial charge is 0.495 e. The van der Waals surface area contributed by atoms with E-state index in [1.807, 2.05) is 31.2 Å². The second kappa shape index (κ2) is 6.21. The number of para-hydroxylation sites is 2. The van der Waals surface area contributed by atoms with Gasteiger partial charge in [0, 0.05) is 0 Å². The third-order valence-electron chi connectivity index (χ3n) is 3.46. The number of carbonyl (C=O) groups is 1. The summed E-state index contributed by atoms with van der Waals surface area (Å²) in [5, 5.41) is 4.07. The lowest BCUT2D eigenvalue weighted by Gasteiger charge is -2.11. The molecule has 3 rings (SSSR count). The van der Waals surface area contributed by atoms with Crippen LogP contribution in [0.15, 0.2) is 30.6 Å². The molecule has 3 aromatic rings. The van der Waals surface area contributed by atoms with Gasteiger partial charge in [-0.2, -0.15) is 0 Å². The molecule has 0 unspecified atom stereocenters. The Labute approximate surface area is 137 Å². The summed E-state index contributed by atoms with van der Waals surface area (Å²) in [5.41, 5.74) is 1.59. The summed E-state index contributed by atoms with van der Waals surface area (Å²) in [6.45, 7) is 1.86. The first-order valence-corrected chi connectivity index (χ1v) is 7.69. The average molecular weight is 329 g/mol. The minimum absolute atomic E-state index is 0.367. The molecule has 118 valence electrons. The van der Waals surface area contributed by atoms with E-state index in [1.54, 1.807) is 7.11 Å².